The molecule has 80 valence electrons. The van der Waals surface area contributed by atoms with Crippen molar-refractivity contribution in [1.29, 1.82) is 0 Å². The van der Waals surface area contributed by atoms with Crippen molar-refractivity contribution in [3.63, 3.8) is 0 Å². The predicted octanol–water partition coefficient (Wildman–Crippen LogP) is 2.61. The Bertz CT molecular complexity index is 382. The Kier molecular flexibility index (Phi) is 1.99. The van der Waals surface area contributed by atoms with Crippen LogP contribution in [0.25, 0.3) is 0 Å². The van der Waals surface area contributed by atoms with E-state index in [1.54, 1.807) is 0 Å². The van der Waals surface area contributed by atoms with Crippen molar-refractivity contribution >= 4 is 0 Å². The van der Waals surface area contributed by atoms with Gasteiger partial charge in [-0.1, -0.05) is 12.1 Å². The Hall–Kier alpha value is -1.02. The summed E-state index contributed by atoms with van der Waals surface area (Å²) in [6.07, 6.45) is 3.71. The number of benzene rings is 1. The number of fused-ring (bicyclic) bond motifs is 1. The minimum absolute atomic E-state index is 0.109. The van der Waals surface area contributed by atoms with E-state index in [4.69, 9.17) is 4.74 Å². The van der Waals surface area contributed by atoms with Gasteiger partial charge in [0.15, 0.2) is 0 Å². The van der Waals surface area contributed by atoms with E-state index in [2.05, 4.69) is 30.4 Å². The molecule has 0 bridgehead atoms. The molecule has 3 rings (SSSR count). The second-order valence-electron chi connectivity index (χ2n) is 4.90. The molecular formula is C13H17NO. The predicted molar refractivity (Wildman–Crippen MR) is 59.9 cm³/mol. The normalized spacial score (nSPS) is 21.9. The molecule has 15 heavy (non-hydrogen) atoms. The fourth-order valence-electron chi connectivity index (χ4n) is 2.44. The van der Waals surface area contributed by atoms with Crippen LogP contribution in [0.2, 0.25) is 0 Å². The first-order valence-corrected chi connectivity index (χ1v) is 5.77. The Morgan fingerprint density at radius 2 is 2.13 bits per heavy atom. The van der Waals surface area contributed by atoms with E-state index in [1.807, 2.05) is 0 Å². The molecule has 0 aromatic heterocycles. The number of hydrogen-bond donors (Lipinski definition) is 1. The highest BCUT2D eigenvalue weighted by Gasteiger charge is 2.34. The van der Waals surface area contributed by atoms with Crippen LogP contribution in [0.5, 0.6) is 5.75 Å². The maximum atomic E-state index is 6.14. The molecular weight excluding hydrogens is 186 g/mol. The van der Waals surface area contributed by atoms with Crippen molar-refractivity contribution in [2.45, 2.75) is 44.9 Å². The van der Waals surface area contributed by atoms with Crippen LogP contribution in [-0.2, 0) is 13.1 Å². The third-order valence-corrected chi connectivity index (χ3v) is 3.61. The summed E-state index contributed by atoms with van der Waals surface area (Å²) in [4.78, 5) is 0. The van der Waals surface area contributed by atoms with Crippen molar-refractivity contribution in [2.24, 2.45) is 0 Å². The third-order valence-electron chi connectivity index (χ3n) is 3.61. The molecule has 1 saturated carbocycles. The van der Waals surface area contributed by atoms with Gasteiger partial charge in [0.2, 0.25) is 0 Å². The summed E-state index contributed by atoms with van der Waals surface area (Å²) in [5.41, 5.74) is 2.87. The zero-order valence-electron chi connectivity index (χ0n) is 9.18. The highest BCUT2D eigenvalue weighted by molar-refractivity contribution is 5.42. The molecule has 0 amide bonds. The summed E-state index contributed by atoms with van der Waals surface area (Å²) in [5.74, 6) is 1.10. The monoisotopic (exact) mass is 203 g/mol. The summed E-state index contributed by atoms with van der Waals surface area (Å²) in [5, 5.41) is 3.37. The summed E-state index contributed by atoms with van der Waals surface area (Å²) < 4.78 is 6.14. The van der Waals surface area contributed by atoms with Crippen molar-refractivity contribution in [3.8, 4) is 5.75 Å². The lowest BCUT2D eigenvalue weighted by molar-refractivity contribution is 0.0105. The fraction of sp³-hybridized carbons (Fsp3) is 0.538. The molecule has 2 heteroatoms. The number of ether oxygens (including phenoxy) is 1. The molecule has 1 fully saturated rings. The number of hydrogen-bond acceptors (Lipinski definition) is 2. The van der Waals surface area contributed by atoms with Crippen molar-refractivity contribution < 1.29 is 4.74 Å². The average molecular weight is 203 g/mol. The van der Waals surface area contributed by atoms with E-state index in [0.29, 0.717) is 0 Å². The Morgan fingerprint density at radius 1 is 1.27 bits per heavy atom. The summed E-state index contributed by atoms with van der Waals surface area (Å²) >= 11 is 0. The van der Waals surface area contributed by atoms with Crippen molar-refractivity contribution in [1.82, 2.24) is 5.32 Å². The molecule has 1 aromatic rings. The van der Waals surface area contributed by atoms with Crippen LogP contribution >= 0.6 is 0 Å². The van der Waals surface area contributed by atoms with Crippen LogP contribution in [-0.4, -0.2) is 5.60 Å². The molecule has 2 aliphatic rings. The summed E-state index contributed by atoms with van der Waals surface area (Å²) in [6.45, 7) is 4.17. The van der Waals surface area contributed by atoms with Gasteiger partial charge in [-0.15, -0.1) is 0 Å². The van der Waals surface area contributed by atoms with Gasteiger partial charge in [0.05, 0.1) is 0 Å². The first-order chi connectivity index (χ1) is 7.27. The van der Waals surface area contributed by atoms with Crippen LogP contribution in [0.3, 0.4) is 0 Å². The van der Waals surface area contributed by atoms with Gasteiger partial charge < -0.3 is 10.1 Å². The van der Waals surface area contributed by atoms with Gasteiger partial charge in [-0.05, 0) is 37.8 Å². The standard InChI is InChI=1S/C13H17NO/c1-13(6-3-7-13)15-12-5-2-4-10-8-14-9-11(10)12/h2,4-5,14H,3,6-9H2,1H3. The highest BCUT2D eigenvalue weighted by Crippen LogP contribution is 2.38. The topological polar surface area (TPSA) is 21.3 Å². The molecule has 0 spiro atoms. The lowest BCUT2D eigenvalue weighted by Crippen LogP contribution is -2.39. The Labute approximate surface area is 90.6 Å². The van der Waals surface area contributed by atoms with Gasteiger partial charge in [0.1, 0.15) is 11.4 Å². The van der Waals surface area contributed by atoms with E-state index in [-0.39, 0.29) is 5.60 Å². The smallest absolute Gasteiger partial charge is 0.124 e. The quantitative estimate of drug-likeness (QED) is 0.797. The maximum Gasteiger partial charge on any atom is 0.124 e. The molecule has 1 aromatic carbocycles. The SMILES string of the molecule is CC1(Oc2cccc3c2CNC3)CCC1. The first kappa shape index (κ1) is 9.22. The third kappa shape index (κ3) is 1.53. The molecule has 0 saturated heterocycles. The molecule has 1 aliphatic heterocycles. The zero-order valence-corrected chi connectivity index (χ0v) is 9.18. The van der Waals surface area contributed by atoms with Crippen molar-refractivity contribution in [3.05, 3.63) is 29.3 Å². The van der Waals surface area contributed by atoms with Gasteiger partial charge in [-0.2, -0.15) is 0 Å². The molecule has 1 heterocycles. The Balaban J connectivity index is 1.89. The largest absolute Gasteiger partial charge is 0.487 e. The summed E-state index contributed by atoms with van der Waals surface area (Å²) in [7, 11) is 0. The molecule has 1 N–H and O–H groups in total. The molecule has 1 aliphatic carbocycles. The van der Waals surface area contributed by atoms with E-state index < -0.39 is 0 Å². The van der Waals surface area contributed by atoms with Gasteiger partial charge >= 0.3 is 0 Å². The summed E-state index contributed by atoms with van der Waals surface area (Å²) in [6, 6.07) is 6.39. The zero-order chi connectivity index (χ0) is 10.3. The Morgan fingerprint density at radius 3 is 2.87 bits per heavy atom. The van der Waals surface area contributed by atoms with E-state index >= 15 is 0 Å². The van der Waals surface area contributed by atoms with Crippen LogP contribution in [0.4, 0.5) is 0 Å². The highest BCUT2D eigenvalue weighted by atomic mass is 16.5. The van der Waals surface area contributed by atoms with E-state index in [1.165, 1.54) is 30.4 Å². The van der Waals surface area contributed by atoms with Gasteiger partial charge in [0.25, 0.3) is 0 Å². The van der Waals surface area contributed by atoms with E-state index in [0.717, 1.165) is 18.8 Å². The minimum Gasteiger partial charge on any atom is -0.487 e. The lowest BCUT2D eigenvalue weighted by atomic mass is 9.82. The van der Waals surface area contributed by atoms with Crippen molar-refractivity contribution in [2.75, 3.05) is 0 Å². The average Bonchev–Trinajstić information content (AvgIpc) is 2.64. The molecule has 0 atom stereocenters. The van der Waals surface area contributed by atoms with Gasteiger partial charge in [-0.3, -0.25) is 0 Å². The van der Waals surface area contributed by atoms with Gasteiger partial charge in [0, 0.05) is 18.7 Å². The van der Waals surface area contributed by atoms with Crippen LogP contribution in [0.1, 0.15) is 37.3 Å². The molecule has 0 radical (unpaired) electrons. The second-order valence-corrected chi connectivity index (χ2v) is 4.90. The number of nitrogens with one attached hydrogen (secondary N) is 1. The van der Waals surface area contributed by atoms with Gasteiger partial charge in [-0.25, -0.2) is 0 Å². The van der Waals surface area contributed by atoms with Crippen LogP contribution in [0, 0.1) is 0 Å². The first-order valence-electron chi connectivity index (χ1n) is 5.77. The number of rotatable bonds is 2. The van der Waals surface area contributed by atoms with Crippen LogP contribution < -0.4 is 10.1 Å². The molecule has 0 unspecified atom stereocenters. The lowest BCUT2D eigenvalue weighted by Gasteiger charge is -2.39. The molecule has 2 nitrogen and oxygen atoms in total. The second kappa shape index (κ2) is 3.24. The minimum atomic E-state index is 0.109. The van der Waals surface area contributed by atoms with Crippen LogP contribution in [0.15, 0.2) is 18.2 Å². The maximum absolute atomic E-state index is 6.14. The van der Waals surface area contributed by atoms with E-state index in [9.17, 15) is 0 Å². The fourth-order valence-corrected chi connectivity index (χ4v) is 2.44.